The van der Waals surface area contributed by atoms with Crippen molar-refractivity contribution in [2.75, 3.05) is 5.73 Å². The highest BCUT2D eigenvalue weighted by molar-refractivity contribution is 6.35. The molecule has 0 atom stereocenters. The molecule has 0 radical (unpaired) electrons. The van der Waals surface area contributed by atoms with Crippen LogP contribution in [0.15, 0.2) is 18.2 Å². The van der Waals surface area contributed by atoms with E-state index in [0.29, 0.717) is 16.4 Å². The van der Waals surface area contributed by atoms with Gasteiger partial charge < -0.3 is 10.3 Å². The number of imidazole rings is 1. The van der Waals surface area contributed by atoms with Crippen molar-refractivity contribution in [1.82, 2.24) is 9.55 Å². The van der Waals surface area contributed by atoms with Crippen molar-refractivity contribution in [2.45, 2.75) is 39.2 Å². The van der Waals surface area contributed by atoms with Gasteiger partial charge in [-0.15, -0.1) is 0 Å². The highest BCUT2D eigenvalue weighted by Crippen LogP contribution is 2.51. The Morgan fingerprint density at radius 1 is 1.44 bits per heavy atom. The molecule has 0 unspecified atom stereocenters. The van der Waals surface area contributed by atoms with Crippen molar-refractivity contribution in [2.24, 2.45) is 5.41 Å². The minimum absolute atomic E-state index is 0.457. The molecule has 1 heterocycles. The quantitative estimate of drug-likeness (QED) is 0.910. The first-order valence-electron chi connectivity index (χ1n) is 6.55. The second kappa shape index (κ2) is 4.16. The highest BCUT2D eigenvalue weighted by Gasteiger charge is 2.42. The van der Waals surface area contributed by atoms with Crippen molar-refractivity contribution < 1.29 is 0 Å². The van der Waals surface area contributed by atoms with Gasteiger partial charge in [0.1, 0.15) is 5.52 Å². The maximum absolute atomic E-state index is 6.16. The largest absolute Gasteiger partial charge is 0.369 e. The Morgan fingerprint density at radius 3 is 2.89 bits per heavy atom. The van der Waals surface area contributed by atoms with E-state index in [1.54, 1.807) is 0 Å². The Bertz CT molecular complexity index is 584. The molecular weight excluding hydrogens is 246 g/mol. The number of hydrogen-bond acceptors (Lipinski definition) is 2. The van der Waals surface area contributed by atoms with E-state index in [2.05, 4.69) is 16.5 Å². The van der Waals surface area contributed by atoms with E-state index in [9.17, 15) is 0 Å². The van der Waals surface area contributed by atoms with Crippen molar-refractivity contribution in [3.05, 3.63) is 23.2 Å². The van der Waals surface area contributed by atoms with Gasteiger partial charge >= 0.3 is 0 Å². The molecule has 3 nitrogen and oxygen atoms in total. The highest BCUT2D eigenvalue weighted by atomic mass is 35.5. The molecule has 1 aliphatic rings. The third-order valence-electron chi connectivity index (χ3n) is 3.99. The number of benzene rings is 1. The number of nitrogen functional groups attached to an aromatic ring is 1. The van der Waals surface area contributed by atoms with E-state index in [4.69, 9.17) is 17.3 Å². The van der Waals surface area contributed by atoms with Gasteiger partial charge in [-0.25, -0.2) is 4.98 Å². The molecule has 0 aliphatic heterocycles. The van der Waals surface area contributed by atoms with Crippen LogP contribution in [0.5, 0.6) is 0 Å². The van der Waals surface area contributed by atoms with Crippen molar-refractivity contribution in [3.8, 4) is 0 Å². The van der Waals surface area contributed by atoms with E-state index in [0.717, 1.165) is 17.6 Å². The second-order valence-electron chi connectivity index (χ2n) is 5.41. The number of para-hydroxylation sites is 1. The Hall–Kier alpha value is -1.22. The molecule has 4 heteroatoms. The van der Waals surface area contributed by atoms with E-state index < -0.39 is 0 Å². The second-order valence-corrected chi connectivity index (χ2v) is 5.82. The van der Waals surface area contributed by atoms with E-state index in [-0.39, 0.29) is 0 Å². The van der Waals surface area contributed by atoms with Gasteiger partial charge in [-0.3, -0.25) is 0 Å². The first-order chi connectivity index (χ1) is 8.65. The van der Waals surface area contributed by atoms with Crippen LogP contribution in [0.25, 0.3) is 11.0 Å². The lowest BCUT2D eigenvalue weighted by Gasteiger charge is -2.16. The lowest BCUT2D eigenvalue weighted by molar-refractivity contribution is 0.396. The van der Waals surface area contributed by atoms with Crippen LogP contribution in [0.2, 0.25) is 5.02 Å². The van der Waals surface area contributed by atoms with Gasteiger partial charge in [0, 0.05) is 6.54 Å². The summed E-state index contributed by atoms with van der Waals surface area (Å²) in [6.07, 6.45) is 5.11. The molecule has 1 aromatic heterocycles. The molecule has 1 fully saturated rings. The zero-order valence-corrected chi connectivity index (χ0v) is 11.4. The molecule has 1 aromatic carbocycles. The molecular formula is C14H18ClN3. The Kier molecular flexibility index (Phi) is 2.74. The molecule has 96 valence electrons. The topological polar surface area (TPSA) is 43.8 Å². The number of fused-ring (bicyclic) bond motifs is 1. The van der Waals surface area contributed by atoms with Crippen LogP contribution in [0.1, 0.15) is 32.6 Å². The van der Waals surface area contributed by atoms with Crippen LogP contribution < -0.4 is 5.73 Å². The van der Waals surface area contributed by atoms with Crippen LogP contribution in [-0.2, 0) is 6.54 Å². The zero-order valence-electron chi connectivity index (χ0n) is 10.6. The molecule has 2 N–H and O–H groups in total. The van der Waals surface area contributed by atoms with Crippen molar-refractivity contribution in [1.29, 1.82) is 0 Å². The van der Waals surface area contributed by atoms with Crippen LogP contribution in [0.3, 0.4) is 0 Å². The maximum atomic E-state index is 6.16. The molecule has 0 saturated heterocycles. The molecule has 0 bridgehead atoms. The summed E-state index contributed by atoms with van der Waals surface area (Å²) >= 11 is 6.16. The molecule has 1 aliphatic carbocycles. The fourth-order valence-corrected chi connectivity index (χ4v) is 3.04. The van der Waals surface area contributed by atoms with Gasteiger partial charge in [0.2, 0.25) is 5.95 Å². The molecule has 1 saturated carbocycles. The summed E-state index contributed by atoms with van der Waals surface area (Å²) < 4.78 is 2.13. The molecule has 0 spiro atoms. The number of halogens is 1. The Balaban J connectivity index is 2.02. The summed E-state index contributed by atoms with van der Waals surface area (Å²) in [4.78, 5) is 4.39. The maximum Gasteiger partial charge on any atom is 0.201 e. The Labute approximate surface area is 112 Å². The fraction of sp³-hybridized carbons (Fsp3) is 0.500. The van der Waals surface area contributed by atoms with Gasteiger partial charge in [-0.05, 0) is 36.8 Å². The standard InChI is InChI=1S/C14H18ClN3/c1-2-6-14(7-8-14)9-18-11-5-3-4-10(15)12(11)17-13(18)16/h3-5H,2,6-9H2,1H3,(H2,16,17). The van der Waals surface area contributed by atoms with Crippen LogP contribution >= 0.6 is 11.6 Å². The smallest absolute Gasteiger partial charge is 0.201 e. The number of rotatable bonds is 4. The van der Waals surface area contributed by atoms with E-state index in [1.165, 1.54) is 25.7 Å². The fourth-order valence-electron chi connectivity index (χ4n) is 2.83. The van der Waals surface area contributed by atoms with Crippen LogP contribution in [0.4, 0.5) is 5.95 Å². The Morgan fingerprint density at radius 2 is 2.22 bits per heavy atom. The first-order valence-corrected chi connectivity index (χ1v) is 6.93. The van der Waals surface area contributed by atoms with Gasteiger partial charge in [0.25, 0.3) is 0 Å². The third kappa shape index (κ3) is 1.87. The predicted molar refractivity (Wildman–Crippen MR) is 75.7 cm³/mol. The van der Waals surface area contributed by atoms with Gasteiger partial charge in [-0.2, -0.15) is 0 Å². The summed E-state index contributed by atoms with van der Waals surface area (Å²) in [5.74, 6) is 0.584. The number of hydrogen-bond donors (Lipinski definition) is 1. The van der Waals surface area contributed by atoms with Gasteiger partial charge in [0.15, 0.2) is 0 Å². The summed E-state index contributed by atoms with van der Waals surface area (Å²) in [5, 5.41) is 0.679. The first kappa shape index (κ1) is 11.8. The molecule has 2 aromatic rings. The normalized spacial score (nSPS) is 17.2. The lowest BCUT2D eigenvalue weighted by Crippen LogP contribution is -2.13. The number of aromatic nitrogens is 2. The minimum Gasteiger partial charge on any atom is -0.369 e. The molecule has 3 rings (SSSR count). The van der Waals surface area contributed by atoms with Crippen LogP contribution in [-0.4, -0.2) is 9.55 Å². The summed E-state index contributed by atoms with van der Waals surface area (Å²) in [6.45, 7) is 3.22. The van der Waals surface area contributed by atoms with Crippen molar-refractivity contribution in [3.63, 3.8) is 0 Å². The lowest BCUT2D eigenvalue weighted by atomic mass is 10.0. The third-order valence-corrected chi connectivity index (χ3v) is 4.30. The predicted octanol–water partition coefficient (Wildman–Crippen LogP) is 3.85. The van der Waals surface area contributed by atoms with E-state index >= 15 is 0 Å². The van der Waals surface area contributed by atoms with Gasteiger partial charge in [0.05, 0.1) is 10.5 Å². The average Bonchev–Trinajstić information content (AvgIpc) is 3.02. The molecule has 0 amide bonds. The average molecular weight is 264 g/mol. The number of anilines is 1. The number of nitrogens with zero attached hydrogens (tertiary/aromatic N) is 2. The van der Waals surface area contributed by atoms with Gasteiger partial charge in [-0.1, -0.05) is 31.0 Å². The molecule has 18 heavy (non-hydrogen) atoms. The minimum atomic E-state index is 0.457. The van der Waals surface area contributed by atoms with Crippen LogP contribution in [0, 0.1) is 5.41 Å². The summed E-state index contributed by atoms with van der Waals surface area (Å²) in [6, 6.07) is 5.87. The summed E-state index contributed by atoms with van der Waals surface area (Å²) in [7, 11) is 0. The SMILES string of the molecule is CCCC1(Cn2c(N)nc3c(Cl)cccc32)CC1. The van der Waals surface area contributed by atoms with Crippen molar-refractivity contribution >= 4 is 28.6 Å². The number of nitrogens with two attached hydrogens (primary N) is 1. The monoisotopic (exact) mass is 263 g/mol. The zero-order chi connectivity index (χ0) is 12.8. The summed E-state index contributed by atoms with van der Waals surface area (Å²) in [5.41, 5.74) is 8.38. The van der Waals surface area contributed by atoms with E-state index in [1.807, 2.05) is 18.2 Å².